The number of carbonyl (C=O) groups is 1. The molecule has 0 unspecified atom stereocenters. The van der Waals surface area contributed by atoms with E-state index in [-0.39, 0.29) is 5.91 Å². The van der Waals surface area contributed by atoms with Gasteiger partial charge in [-0.05, 0) is 56.4 Å². The Labute approximate surface area is 131 Å². The highest BCUT2D eigenvalue weighted by atomic mass is 16.1. The van der Waals surface area contributed by atoms with Gasteiger partial charge in [-0.1, -0.05) is 18.6 Å². The van der Waals surface area contributed by atoms with Crippen molar-refractivity contribution in [2.45, 2.75) is 25.7 Å². The third kappa shape index (κ3) is 3.63. The number of nitrogens with one attached hydrogen (secondary N) is 1. The Bertz CT molecular complexity index is 630. The number of piperidine rings is 1. The second-order valence-corrected chi connectivity index (χ2v) is 5.91. The topological polar surface area (TPSA) is 45.2 Å². The van der Waals surface area contributed by atoms with Crippen molar-refractivity contribution in [1.82, 2.24) is 15.2 Å². The molecule has 0 atom stereocenters. The number of amides is 1. The van der Waals surface area contributed by atoms with Crippen LogP contribution in [-0.4, -0.2) is 42.0 Å². The third-order valence-corrected chi connectivity index (χ3v) is 4.31. The van der Waals surface area contributed by atoms with Crippen LogP contribution in [0, 0.1) is 0 Å². The monoisotopic (exact) mass is 297 g/mol. The average Bonchev–Trinajstić information content (AvgIpc) is 2.59. The standard InChI is InChI=1S/C18H23N3O/c22-18(20-9-5-13-21-11-2-1-3-12-21)17-7-4-6-15-14-19-10-8-16(15)17/h4,6-8,10,14H,1-3,5,9,11-13H2,(H,20,22). The predicted molar refractivity (Wildman–Crippen MR) is 89.0 cm³/mol. The van der Waals surface area contributed by atoms with E-state index in [0.717, 1.165) is 35.8 Å². The number of carbonyl (C=O) groups excluding carboxylic acids is 1. The molecule has 1 amide bonds. The molecule has 2 aromatic rings. The molecule has 1 aromatic heterocycles. The zero-order valence-electron chi connectivity index (χ0n) is 12.9. The molecule has 2 heterocycles. The first kappa shape index (κ1) is 15.0. The normalized spacial score (nSPS) is 15.8. The van der Waals surface area contributed by atoms with Crippen LogP contribution in [0.5, 0.6) is 0 Å². The lowest BCUT2D eigenvalue weighted by molar-refractivity contribution is 0.0952. The summed E-state index contributed by atoms with van der Waals surface area (Å²) >= 11 is 0. The Morgan fingerprint density at radius 2 is 2.05 bits per heavy atom. The molecule has 0 aliphatic carbocycles. The van der Waals surface area contributed by atoms with E-state index in [4.69, 9.17) is 0 Å². The van der Waals surface area contributed by atoms with Crippen LogP contribution in [0.1, 0.15) is 36.0 Å². The Balaban J connectivity index is 1.53. The highest BCUT2D eigenvalue weighted by molar-refractivity contribution is 6.06. The molecule has 0 bridgehead atoms. The van der Waals surface area contributed by atoms with E-state index in [1.165, 1.54) is 32.4 Å². The maximum absolute atomic E-state index is 12.4. The van der Waals surface area contributed by atoms with Crippen molar-refractivity contribution in [1.29, 1.82) is 0 Å². The summed E-state index contributed by atoms with van der Waals surface area (Å²) in [5.74, 6) is 0.00967. The summed E-state index contributed by atoms with van der Waals surface area (Å²) in [6.45, 7) is 4.24. The lowest BCUT2D eigenvalue weighted by atomic mass is 10.1. The fourth-order valence-corrected chi connectivity index (χ4v) is 3.10. The summed E-state index contributed by atoms with van der Waals surface area (Å²) < 4.78 is 0. The highest BCUT2D eigenvalue weighted by Crippen LogP contribution is 2.17. The van der Waals surface area contributed by atoms with Crippen molar-refractivity contribution in [2.24, 2.45) is 0 Å². The molecular formula is C18H23N3O. The number of benzene rings is 1. The molecule has 0 saturated carbocycles. The van der Waals surface area contributed by atoms with E-state index < -0.39 is 0 Å². The van der Waals surface area contributed by atoms with Crippen LogP contribution in [0.15, 0.2) is 36.7 Å². The van der Waals surface area contributed by atoms with Crippen LogP contribution >= 0.6 is 0 Å². The van der Waals surface area contributed by atoms with Crippen molar-refractivity contribution in [2.75, 3.05) is 26.2 Å². The van der Waals surface area contributed by atoms with Gasteiger partial charge in [-0.25, -0.2) is 0 Å². The minimum absolute atomic E-state index is 0.00967. The molecule has 1 aliphatic heterocycles. The van der Waals surface area contributed by atoms with Gasteiger partial charge in [0, 0.05) is 29.9 Å². The SMILES string of the molecule is O=C(NCCCN1CCCCC1)c1cccc2cnccc12. The van der Waals surface area contributed by atoms with Gasteiger partial charge < -0.3 is 10.2 Å². The number of fused-ring (bicyclic) bond motifs is 1. The van der Waals surface area contributed by atoms with Crippen LogP contribution in [0.3, 0.4) is 0 Å². The first-order chi connectivity index (χ1) is 10.8. The van der Waals surface area contributed by atoms with E-state index in [1.807, 2.05) is 24.3 Å². The number of pyridine rings is 1. The fraction of sp³-hybridized carbons (Fsp3) is 0.444. The molecule has 0 radical (unpaired) electrons. The molecular weight excluding hydrogens is 274 g/mol. The molecule has 1 aliphatic rings. The number of nitrogens with zero attached hydrogens (tertiary/aromatic N) is 2. The quantitative estimate of drug-likeness (QED) is 0.863. The molecule has 0 spiro atoms. The Morgan fingerprint density at radius 1 is 1.18 bits per heavy atom. The zero-order chi connectivity index (χ0) is 15.2. The fourth-order valence-electron chi connectivity index (χ4n) is 3.10. The van der Waals surface area contributed by atoms with Crippen LogP contribution in [0.4, 0.5) is 0 Å². The largest absolute Gasteiger partial charge is 0.352 e. The van der Waals surface area contributed by atoms with Crippen LogP contribution in [0.2, 0.25) is 0 Å². The van der Waals surface area contributed by atoms with Crippen molar-refractivity contribution in [3.8, 4) is 0 Å². The van der Waals surface area contributed by atoms with E-state index >= 15 is 0 Å². The summed E-state index contributed by atoms with van der Waals surface area (Å²) in [6.07, 6.45) is 8.53. The number of aromatic nitrogens is 1. The lowest BCUT2D eigenvalue weighted by Crippen LogP contribution is -2.33. The third-order valence-electron chi connectivity index (χ3n) is 4.31. The average molecular weight is 297 g/mol. The smallest absolute Gasteiger partial charge is 0.251 e. The second-order valence-electron chi connectivity index (χ2n) is 5.91. The van der Waals surface area contributed by atoms with Crippen LogP contribution < -0.4 is 5.32 Å². The summed E-state index contributed by atoms with van der Waals surface area (Å²) in [5, 5.41) is 5.01. The summed E-state index contributed by atoms with van der Waals surface area (Å²) in [5.41, 5.74) is 0.734. The molecule has 3 rings (SSSR count). The maximum atomic E-state index is 12.4. The van der Waals surface area contributed by atoms with Crippen molar-refractivity contribution in [3.05, 3.63) is 42.2 Å². The zero-order valence-corrected chi connectivity index (χ0v) is 12.9. The van der Waals surface area contributed by atoms with E-state index in [2.05, 4.69) is 15.2 Å². The van der Waals surface area contributed by atoms with Crippen molar-refractivity contribution >= 4 is 16.7 Å². The minimum Gasteiger partial charge on any atom is -0.352 e. The van der Waals surface area contributed by atoms with Crippen molar-refractivity contribution < 1.29 is 4.79 Å². The van der Waals surface area contributed by atoms with Gasteiger partial charge in [0.25, 0.3) is 5.91 Å². The Morgan fingerprint density at radius 3 is 2.91 bits per heavy atom. The second kappa shape index (κ2) is 7.36. The summed E-state index contributed by atoms with van der Waals surface area (Å²) in [6, 6.07) is 7.67. The van der Waals surface area contributed by atoms with E-state index in [1.54, 1.807) is 12.4 Å². The van der Waals surface area contributed by atoms with Gasteiger partial charge in [-0.3, -0.25) is 9.78 Å². The molecule has 4 heteroatoms. The predicted octanol–water partition coefficient (Wildman–Crippen LogP) is 2.84. The highest BCUT2D eigenvalue weighted by Gasteiger charge is 2.11. The number of likely N-dealkylation sites (tertiary alicyclic amines) is 1. The molecule has 22 heavy (non-hydrogen) atoms. The molecule has 1 aromatic carbocycles. The van der Waals surface area contributed by atoms with Gasteiger partial charge in [0.05, 0.1) is 0 Å². The molecule has 4 nitrogen and oxygen atoms in total. The van der Waals surface area contributed by atoms with Gasteiger partial charge in [0.15, 0.2) is 0 Å². The van der Waals surface area contributed by atoms with Crippen LogP contribution in [-0.2, 0) is 0 Å². The Hall–Kier alpha value is -1.94. The number of hydrogen-bond donors (Lipinski definition) is 1. The van der Waals surface area contributed by atoms with E-state index in [9.17, 15) is 4.79 Å². The molecule has 1 saturated heterocycles. The summed E-state index contributed by atoms with van der Waals surface area (Å²) in [4.78, 5) is 19.0. The van der Waals surface area contributed by atoms with Gasteiger partial charge in [-0.15, -0.1) is 0 Å². The Kier molecular flexibility index (Phi) is 5.01. The number of hydrogen-bond acceptors (Lipinski definition) is 3. The molecule has 1 fully saturated rings. The first-order valence-corrected chi connectivity index (χ1v) is 8.18. The molecule has 1 N–H and O–H groups in total. The number of rotatable bonds is 5. The maximum Gasteiger partial charge on any atom is 0.251 e. The first-order valence-electron chi connectivity index (χ1n) is 8.18. The van der Waals surface area contributed by atoms with Gasteiger partial charge >= 0.3 is 0 Å². The van der Waals surface area contributed by atoms with E-state index in [0.29, 0.717) is 0 Å². The summed E-state index contributed by atoms with van der Waals surface area (Å²) in [7, 11) is 0. The van der Waals surface area contributed by atoms with Gasteiger partial charge in [0.1, 0.15) is 0 Å². The van der Waals surface area contributed by atoms with Gasteiger partial charge in [-0.2, -0.15) is 0 Å². The minimum atomic E-state index is 0.00967. The van der Waals surface area contributed by atoms with Gasteiger partial charge in [0.2, 0.25) is 0 Å². The van der Waals surface area contributed by atoms with Crippen LogP contribution in [0.25, 0.3) is 10.8 Å². The van der Waals surface area contributed by atoms with Crippen molar-refractivity contribution in [3.63, 3.8) is 0 Å². The lowest BCUT2D eigenvalue weighted by Gasteiger charge is -2.26. The molecule has 116 valence electrons.